The van der Waals surface area contributed by atoms with E-state index in [0.29, 0.717) is 12.5 Å². The number of imidazole rings is 1. The molecule has 3 heteroatoms. The molecule has 0 atom stereocenters. The first kappa shape index (κ1) is 11.9. The predicted octanol–water partition coefficient (Wildman–Crippen LogP) is 2.97. The number of rotatable bonds is 3. The Morgan fingerprint density at radius 2 is 1.88 bits per heavy atom. The molecule has 0 aliphatic rings. The maximum Gasteiger partial charge on any atom is 0.137 e. The molecule has 1 aromatic carbocycles. The molecule has 1 heterocycles. The highest BCUT2D eigenvalue weighted by molar-refractivity contribution is 5.56. The average Bonchev–Trinajstić information content (AvgIpc) is 2.70. The minimum Gasteiger partial charge on any atom is -0.342 e. The quantitative estimate of drug-likeness (QED) is 0.850. The van der Waals surface area contributed by atoms with E-state index in [9.17, 15) is 0 Å². The lowest BCUT2D eigenvalue weighted by molar-refractivity contribution is 0.867. The number of nitrogens with one attached hydrogen (secondary N) is 1. The molecule has 1 aromatic heterocycles. The molecule has 0 spiro atoms. The van der Waals surface area contributed by atoms with Crippen molar-refractivity contribution in [2.75, 3.05) is 0 Å². The lowest BCUT2D eigenvalue weighted by Crippen LogP contribution is -1.98. The van der Waals surface area contributed by atoms with Gasteiger partial charge in [0.2, 0.25) is 0 Å². The SMILES string of the molecule is Cc1[nH]c(-c2ccc(C(C)C)cc2)nc1CN. The van der Waals surface area contributed by atoms with Crippen LogP contribution in [0.15, 0.2) is 24.3 Å². The summed E-state index contributed by atoms with van der Waals surface area (Å²) in [5, 5.41) is 0. The molecule has 17 heavy (non-hydrogen) atoms. The van der Waals surface area contributed by atoms with E-state index in [0.717, 1.165) is 22.8 Å². The highest BCUT2D eigenvalue weighted by Crippen LogP contribution is 2.21. The highest BCUT2D eigenvalue weighted by atomic mass is 14.9. The molecule has 0 aliphatic heterocycles. The van der Waals surface area contributed by atoms with Crippen molar-refractivity contribution in [3.05, 3.63) is 41.2 Å². The van der Waals surface area contributed by atoms with Crippen LogP contribution in [0.3, 0.4) is 0 Å². The van der Waals surface area contributed by atoms with Gasteiger partial charge in [-0.25, -0.2) is 4.98 Å². The molecule has 0 aliphatic carbocycles. The topological polar surface area (TPSA) is 54.7 Å². The number of aryl methyl sites for hydroxylation is 1. The summed E-state index contributed by atoms with van der Waals surface area (Å²) < 4.78 is 0. The zero-order valence-corrected chi connectivity index (χ0v) is 10.6. The maximum absolute atomic E-state index is 5.62. The molecule has 0 saturated heterocycles. The van der Waals surface area contributed by atoms with E-state index in [4.69, 9.17) is 5.73 Å². The first-order valence-corrected chi connectivity index (χ1v) is 5.97. The molecule has 3 N–H and O–H groups in total. The molecule has 90 valence electrons. The molecule has 0 amide bonds. The van der Waals surface area contributed by atoms with Crippen LogP contribution in [0, 0.1) is 6.92 Å². The second kappa shape index (κ2) is 4.72. The number of nitrogens with two attached hydrogens (primary N) is 1. The fraction of sp³-hybridized carbons (Fsp3) is 0.357. The van der Waals surface area contributed by atoms with Crippen LogP contribution in [0.4, 0.5) is 0 Å². The molecule has 3 nitrogen and oxygen atoms in total. The van der Waals surface area contributed by atoms with Gasteiger partial charge in [0.1, 0.15) is 5.82 Å². The van der Waals surface area contributed by atoms with Gasteiger partial charge in [-0.15, -0.1) is 0 Å². The van der Waals surface area contributed by atoms with Crippen molar-refractivity contribution in [3.8, 4) is 11.4 Å². The molecule has 0 saturated carbocycles. The Morgan fingerprint density at radius 3 is 2.35 bits per heavy atom. The van der Waals surface area contributed by atoms with Gasteiger partial charge < -0.3 is 10.7 Å². The van der Waals surface area contributed by atoms with Crippen LogP contribution in [0.2, 0.25) is 0 Å². The zero-order chi connectivity index (χ0) is 12.4. The predicted molar refractivity (Wildman–Crippen MR) is 70.7 cm³/mol. The fourth-order valence-corrected chi connectivity index (χ4v) is 1.86. The average molecular weight is 229 g/mol. The molecule has 0 fully saturated rings. The first-order valence-electron chi connectivity index (χ1n) is 5.97. The number of benzene rings is 1. The zero-order valence-electron chi connectivity index (χ0n) is 10.6. The second-order valence-corrected chi connectivity index (χ2v) is 4.64. The van der Waals surface area contributed by atoms with Crippen LogP contribution in [0.25, 0.3) is 11.4 Å². The van der Waals surface area contributed by atoms with E-state index in [1.165, 1.54) is 5.56 Å². The van der Waals surface area contributed by atoms with E-state index >= 15 is 0 Å². The van der Waals surface area contributed by atoms with E-state index in [1.54, 1.807) is 0 Å². The number of nitrogens with zero attached hydrogens (tertiary/aromatic N) is 1. The minimum absolute atomic E-state index is 0.479. The third-order valence-corrected chi connectivity index (χ3v) is 3.03. The number of aromatic nitrogens is 2. The van der Waals surface area contributed by atoms with Crippen molar-refractivity contribution in [1.82, 2.24) is 9.97 Å². The van der Waals surface area contributed by atoms with Crippen LogP contribution in [-0.4, -0.2) is 9.97 Å². The van der Waals surface area contributed by atoms with Gasteiger partial charge in [-0.1, -0.05) is 38.1 Å². The maximum atomic E-state index is 5.62. The lowest BCUT2D eigenvalue weighted by atomic mass is 10.0. The Bertz CT molecular complexity index is 495. The Hall–Kier alpha value is -1.61. The summed E-state index contributed by atoms with van der Waals surface area (Å²) in [6.07, 6.45) is 0. The monoisotopic (exact) mass is 229 g/mol. The van der Waals surface area contributed by atoms with Crippen molar-refractivity contribution in [3.63, 3.8) is 0 Å². The minimum atomic E-state index is 0.479. The summed E-state index contributed by atoms with van der Waals surface area (Å²) in [7, 11) is 0. The summed E-state index contributed by atoms with van der Waals surface area (Å²) in [4.78, 5) is 7.76. The highest BCUT2D eigenvalue weighted by Gasteiger charge is 2.07. The van der Waals surface area contributed by atoms with Gasteiger partial charge >= 0.3 is 0 Å². The Balaban J connectivity index is 2.33. The second-order valence-electron chi connectivity index (χ2n) is 4.64. The molecule has 2 aromatic rings. The van der Waals surface area contributed by atoms with Gasteiger partial charge in [0, 0.05) is 17.8 Å². The smallest absolute Gasteiger partial charge is 0.137 e. The van der Waals surface area contributed by atoms with Crippen LogP contribution in [0.5, 0.6) is 0 Å². The van der Waals surface area contributed by atoms with Crippen molar-refractivity contribution >= 4 is 0 Å². The summed E-state index contributed by atoms with van der Waals surface area (Å²) >= 11 is 0. The normalized spacial score (nSPS) is 11.1. The molecule has 0 bridgehead atoms. The number of aromatic amines is 1. The lowest BCUT2D eigenvalue weighted by Gasteiger charge is -2.05. The van der Waals surface area contributed by atoms with Crippen LogP contribution in [-0.2, 0) is 6.54 Å². The Labute approximate surface area is 102 Å². The van der Waals surface area contributed by atoms with Gasteiger partial charge in [0.25, 0.3) is 0 Å². The third-order valence-electron chi connectivity index (χ3n) is 3.03. The van der Waals surface area contributed by atoms with Gasteiger partial charge in [-0.3, -0.25) is 0 Å². The summed E-state index contributed by atoms with van der Waals surface area (Å²) in [5.41, 5.74) is 10.1. The Morgan fingerprint density at radius 1 is 1.24 bits per heavy atom. The van der Waals surface area contributed by atoms with Crippen molar-refractivity contribution < 1.29 is 0 Å². The summed E-state index contributed by atoms with van der Waals surface area (Å²) in [6.45, 7) is 6.87. The van der Waals surface area contributed by atoms with E-state index in [-0.39, 0.29) is 0 Å². The van der Waals surface area contributed by atoms with Crippen LogP contribution >= 0.6 is 0 Å². The molecule has 0 radical (unpaired) electrons. The molecule has 2 rings (SSSR count). The van der Waals surface area contributed by atoms with Crippen LogP contribution < -0.4 is 5.73 Å². The van der Waals surface area contributed by atoms with Crippen molar-refractivity contribution in [2.45, 2.75) is 33.2 Å². The van der Waals surface area contributed by atoms with E-state index in [2.05, 4.69) is 48.1 Å². The van der Waals surface area contributed by atoms with Gasteiger partial charge in [-0.2, -0.15) is 0 Å². The van der Waals surface area contributed by atoms with Gasteiger partial charge in [0.15, 0.2) is 0 Å². The van der Waals surface area contributed by atoms with Crippen molar-refractivity contribution in [2.24, 2.45) is 5.73 Å². The largest absolute Gasteiger partial charge is 0.342 e. The van der Waals surface area contributed by atoms with Crippen LogP contribution in [0.1, 0.15) is 36.7 Å². The first-order chi connectivity index (χ1) is 8.11. The van der Waals surface area contributed by atoms with E-state index < -0.39 is 0 Å². The molecular weight excluding hydrogens is 210 g/mol. The summed E-state index contributed by atoms with van der Waals surface area (Å²) in [5.74, 6) is 1.46. The van der Waals surface area contributed by atoms with Gasteiger partial charge in [-0.05, 0) is 18.4 Å². The van der Waals surface area contributed by atoms with Crippen molar-refractivity contribution in [1.29, 1.82) is 0 Å². The van der Waals surface area contributed by atoms with E-state index in [1.807, 2.05) is 6.92 Å². The standard InChI is InChI=1S/C14H19N3/c1-9(2)11-4-6-12(7-5-11)14-16-10(3)13(8-15)17-14/h4-7,9H,8,15H2,1-3H3,(H,16,17). The fourth-order valence-electron chi connectivity index (χ4n) is 1.86. The molecular formula is C14H19N3. The summed E-state index contributed by atoms with van der Waals surface area (Å²) in [6, 6.07) is 8.52. The number of hydrogen-bond donors (Lipinski definition) is 2. The number of H-pyrrole nitrogens is 1. The van der Waals surface area contributed by atoms with Gasteiger partial charge in [0.05, 0.1) is 5.69 Å². The third kappa shape index (κ3) is 2.39. The number of hydrogen-bond acceptors (Lipinski definition) is 2. The molecule has 0 unspecified atom stereocenters. The Kier molecular flexibility index (Phi) is 3.29.